The molecule has 0 aliphatic heterocycles. The summed E-state index contributed by atoms with van der Waals surface area (Å²) < 4.78 is 38.1. The largest absolute Gasteiger partial charge is 0.463 e. The van der Waals surface area contributed by atoms with E-state index < -0.39 is 11.6 Å². The Morgan fingerprint density at radius 2 is 2.09 bits per heavy atom. The average molecular weight is 342 g/mol. The summed E-state index contributed by atoms with van der Waals surface area (Å²) in [6.45, 7) is 0.570. The molecule has 23 heavy (non-hydrogen) atoms. The van der Waals surface area contributed by atoms with Gasteiger partial charge in [-0.05, 0) is 18.2 Å². The second-order valence-corrected chi connectivity index (χ2v) is 5.95. The smallest absolute Gasteiger partial charge is 0.310 e. The summed E-state index contributed by atoms with van der Waals surface area (Å²) in [5, 5.41) is 4.26. The highest BCUT2D eigenvalue weighted by Crippen LogP contribution is 2.23. The van der Waals surface area contributed by atoms with Crippen LogP contribution in [0.2, 0.25) is 0 Å². The molecule has 0 bridgehead atoms. The summed E-state index contributed by atoms with van der Waals surface area (Å²) in [5.41, 5.74) is 1.45. The van der Waals surface area contributed by atoms with Crippen LogP contribution in [0.3, 0.4) is 0 Å². The summed E-state index contributed by atoms with van der Waals surface area (Å²) in [4.78, 5) is 11.5. The minimum Gasteiger partial charge on any atom is -0.463 e. The number of benzene rings is 1. The van der Waals surface area contributed by atoms with Gasteiger partial charge in [0.15, 0.2) is 0 Å². The number of hydrogen-bond donors (Lipinski definition) is 0. The number of nitrogens with zero attached hydrogens (tertiary/aromatic N) is 2. The van der Waals surface area contributed by atoms with Crippen LogP contribution in [-0.2, 0) is 21.3 Å². The molecule has 0 N–H and O–H groups in total. The monoisotopic (exact) mass is 342 g/mol. The van der Waals surface area contributed by atoms with E-state index >= 15 is 0 Å². The molecule has 0 fully saturated rings. The zero-order chi connectivity index (χ0) is 16.8. The van der Waals surface area contributed by atoms with E-state index in [0.29, 0.717) is 17.7 Å². The van der Waals surface area contributed by atoms with Crippen LogP contribution in [0, 0.1) is 11.6 Å². The zero-order valence-corrected chi connectivity index (χ0v) is 13.8. The number of esters is 1. The minimum atomic E-state index is -0.651. The van der Waals surface area contributed by atoms with Crippen LogP contribution in [0.1, 0.15) is 0 Å². The molecule has 2 rings (SSSR count). The predicted molar refractivity (Wildman–Crippen MR) is 84.2 cm³/mol. The number of aromatic nitrogens is 2. The van der Waals surface area contributed by atoms with Gasteiger partial charge in [-0.25, -0.2) is 8.78 Å². The third-order valence-electron chi connectivity index (χ3n) is 3.05. The Hall–Kier alpha value is -1.85. The number of ether oxygens (including phenoxy) is 2. The molecule has 1 atom stereocenters. The molecule has 1 unspecified atom stereocenters. The van der Waals surface area contributed by atoms with E-state index in [1.165, 1.54) is 23.9 Å². The Labute approximate surface area is 134 Å². The molecule has 124 valence electrons. The van der Waals surface area contributed by atoms with Crippen molar-refractivity contribution in [2.24, 2.45) is 7.05 Å². The number of halogens is 2. The van der Waals surface area contributed by atoms with Crippen LogP contribution in [0.15, 0.2) is 24.3 Å². The Morgan fingerprint density at radius 3 is 2.78 bits per heavy atom. The molecule has 0 aliphatic carbocycles. The van der Waals surface area contributed by atoms with Crippen molar-refractivity contribution < 1.29 is 23.0 Å². The fourth-order valence-corrected chi connectivity index (χ4v) is 2.84. The van der Waals surface area contributed by atoms with E-state index in [-0.39, 0.29) is 32.9 Å². The van der Waals surface area contributed by atoms with Crippen molar-refractivity contribution in [1.82, 2.24) is 9.78 Å². The van der Waals surface area contributed by atoms with Gasteiger partial charge in [0.1, 0.15) is 18.2 Å². The van der Waals surface area contributed by atoms with Gasteiger partial charge in [0.25, 0.3) is 0 Å². The maximum atomic E-state index is 13.8. The van der Waals surface area contributed by atoms with Gasteiger partial charge < -0.3 is 9.47 Å². The fourth-order valence-electron chi connectivity index (χ4n) is 1.96. The van der Waals surface area contributed by atoms with Gasteiger partial charge in [-0.1, -0.05) is 8.58 Å². The topological polar surface area (TPSA) is 53.4 Å². The lowest BCUT2D eigenvalue weighted by molar-refractivity contribution is -0.141. The molecule has 0 radical (unpaired) electrons. The molecule has 0 amide bonds. The van der Waals surface area contributed by atoms with Gasteiger partial charge in [0.2, 0.25) is 0 Å². The third kappa shape index (κ3) is 4.81. The molecule has 0 saturated carbocycles. The number of carbonyl (C=O) groups excluding carboxylic acids is 1. The summed E-state index contributed by atoms with van der Waals surface area (Å²) in [6.07, 6.45) is 0.200. The number of carbonyl (C=O) groups is 1. The Bertz CT molecular complexity index is 691. The number of hydrogen-bond acceptors (Lipinski definition) is 4. The van der Waals surface area contributed by atoms with Crippen LogP contribution >= 0.6 is 8.58 Å². The van der Waals surface area contributed by atoms with E-state index in [2.05, 4.69) is 5.10 Å². The lowest BCUT2D eigenvalue weighted by atomic mass is 10.1. The van der Waals surface area contributed by atoms with Gasteiger partial charge in [-0.3, -0.25) is 9.48 Å². The van der Waals surface area contributed by atoms with Gasteiger partial charge in [-0.15, -0.1) is 0 Å². The molecule has 8 heteroatoms. The molecule has 1 aromatic heterocycles. The predicted octanol–water partition coefficient (Wildman–Crippen LogP) is 1.86. The quantitative estimate of drug-likeness (QED) is 0.438. The van der Waals surface area contributed by atoms with Crippen molar-refractivity contribution in [2.75, 3.05) is 26.5 Å². The highest BCUT2D eigenvalue weighted by molar-refractivity contribution is 7.47. The van der Waals surface area contributed by atoms with Crippen LogP contribution in [0.25, 0.3) is 11.3 Å². The van der Waals surface area contributed by atoms with E-state index in [4.69, 9.17) is 9.47 Å². The molecule has 1 heterocycles. The van der Waals surface area contributed by atoms with Gasteiger partial charge in [0, 0.05) is 25.8 Å². The van der Waals surface area contributed by atoms with E-state index in [1.54, 1.807) is 13.1 Å². The van der Waals surface area contributed by atoms with Gasteiger partial charge in [-0.2, -0.15) is 5.10 Å². The summed E-state index contributed by atoms with van der Waals surface area (Å²) in [7, 11) is 3.31. The van der Waals surface area contributed by atoms with Gasteiger partial charge >= 0.3 is 5.97 Å². The lowest BCUT2D eigenvalue weighted by Crippen LogP contribution is -2.13. The number of aryl methyl sites for hydroxylation is 1. The molecular formula is C15H17F2N2O3P. The SMILES string of the molecule is COCCOC(=O)CPc1cc(-c2ccc(F)cc2F)n(C)n1. The molecule has 2 aromatic rings. The second kappa shape index (κ2) is 8.13. The molecular weight excluding hydrogens is 325 g/mol. The van der Waals surface area contributed by atoms with Crippen molar-refractivity contribution in [3.05, 3.63) is 35.9 Å². The van der Waals surface area contributed by atoms with Crippen molar-refractivity contribution >= 4 is 20.0 Å². The Morgan fingerprint density at radius 1 is 1.30 bits per heavy atom. The van der Waals surface area contributed by atoms with E-state index in [9.17, 15) is 13.6 Å². The first-order chi connectivity index (χ1) is 11.0. The molecule has 5 nitrogen and oxygen atoms in total. The second-order valence-electron chi connectivity index (χ2n) is 4.73. The van der Waals surface area contributed by atoms with Crippen molar-refractivity contribution in [3.8, 4) is 11.3 Å². The maximum absolute atomic E-state index is 13.8. The highest BCUT2D eigenvalue weighted by Gasteiger charge is 2.13. The lowest BCUT2D eigenvalue weighted by Gasteiger charge is -2.03. The van der Waals surface area contributed by atoms with Gasteiger partial charge in [0.05, 0.1) is 23.9 Å². The molecule has 0 aliphatic rings. The highest BCUT2D eigenvalue weighted by atomic mass is 31.1. The third-order valence-corrected chi connectivity index (χ3v) is 4.12. The summed E-state index contributed by atoms with van der Waals surface area (Å²) in [6, 6.07) is 5.09. The maximum Gasteiger partial charge on any atom is 0.310 e. The molecule has 0 spiro atoms. The Balaban J connectivity index is 2.02. The first-order valence-corrected chi connectivity index (χ1v) is 8.10. The van der Waals surface area contributed by atoms with E-state index in [0.717, 1.165) is 6.07 Å². The molecule has 1 aromatic carbocycles. The van der Waals surface area contributed by atoms with Crippen LogP contribution in [-0.4, -0.2) is 42.2 Å². The fraction of sp³-hybridized carbons (Fsp3) is 0.333. The zero-order valence-electron chi connectivity index (χ0n) is 12.8. The standard InChI is InChI=1S/C15H17F2N2O3P/c1-19-13(11-4-3-10(16)7-12(11)17)8-14(18-19)23-9-15(20)22-6-5-21-2/h3-4,7-8,23H,5-6,9H2,1-2H3. The normalized spacial score (nSPS) is 11.3. The molecule has 0 saturated heterocycles. The first-order valence-electron chi connectivity index (χ1n) is 6.89. The Kier molecular flexibility index (Phi) is 6.19. The number of rotatable bonds is 7. The first kappa shape index (κ1) is 17.5. The minimum absolute atomic E-state index is 0.109. The van der Waals surface area contributed by atoms with E-state index in [1.807, 2.05) is 0 Å². The van der Waals surface area contributed by atoms with Crippen LogP contribution < -0.4 is 5.44 Å². The van der Waals surface area contributed by atoms with Crippen molar-refractivity contribution in [3.63, 3.8) is 0 Å². The number of methoxy groups -OCH3 is 1. The van der Waals surface area contributed by atoms with Crippen LogP contribution in [0.4, 0.5) is 8.78 Å². The van der Waals surface area contributed by atoms with Crippen LogP contribution in [0.5, 0.6) is 0 Å². The average Bonchev–Trinajstić information content (AvgIpc) is 2.86. The summed E-state index contributed by atoms with van der Waals surface area (Å²) >= 11 is 0. The van der Waals surface area contributed by atoms with Crippen molar-refractivity contribution in [1.29, 1.82) is 0 Å². The summed E-state index contributed by atoms with van der Waals surface area (Å²) in [5.74, 6) is -1.61. The van der Waals surface area contributed by atoms with Crippen molar-refractivity contribution in [2.45, 2.75) is 0 Å².